The average Bonchev–Trinajstić information content (AvgIpc) is 2.38. The summed E-state index contributed by atoms with van der Waals surface area (Å²) in [5.74, 6) is 1.10. The van der Waals surface area contributed by atoms with E-state index in [1.807, 2.05) is 12.1 Å². The highest BCUT2D eigenvalue weighted by Crippen LogP contribution is 2.27. The van der Waals surface area contributed by atoms with Gasteiger partial charge in [-0.15, -0.1) is 0 Å². The summed E-state index contributed by atoms with van der Waals surface area (Å²) in [6.07, 6.45) is 0.724. The van der Waals surface area contributed by atoms with Gasteiger partial charge in [-0.1, -0.05) is 41.4 Å². The Morgan fingerprint density at radius 2 is 2.15 bits per heavy atom. The first kappa shape index (κ1) is 17.1. The van der Waals surface area contributed by atoms with E-state index in [0.717, 1.165) is 10.9 Å². The molecule has 112 valence electrons. The standard InChI is InChI=1S/C14H20BrClN2O2/c1-10(2)9-18-14(19)17-6-3-7-20-13-5-4-11(15)8-12(13)16/h4-5,8,10H,3,6-7,9H2,1-2H3,(H2,17,18,19). The molecule has 0 atom stereocenters. The fourth-order valence-corrected chi connectivity index (χ4v) is 2.14. The van der Waals surface area contributed by atoms with Crippen molar-refractivity contribution >= 4 is 33.6 Å². The van der Waals surface area contributed by atoms with Gasteiger partial charge in [-0.2, -0.15) is 0 Å². The summed E-state index contributed by atoms with van der Waals surface area (Å²) in [6.45, 7) is 5.85. The van der Waals surface area contributed by atoms with Crippen LogP contribution in [0.1, 0.15) is 20.3 Å². The molecule has 0 aliphatic rings. The van der Waals surface area contributed by atoms with Crippen molar-refractivity contribution in [2.45, 2.75) is 20.3 Å². The van der Waals surface area contributed by atoms with E-state index in [4.69, 9.17) is 16.3 Å². The largest absolute Gasteiger partial charge is 0.492 e. The second-order valence-corrected chi connectivity index (χ2v) is 6.13. The highest BCUT2D eigenvalue weighted by Gasteiger charge is 2.03. The van der Waals surface area contributed by atoms with Crippen LogP contribution < -0.4 is 15.4 Å². The van der Waals surface area contributed by atoms with Crippen LogP contribution in [0.15, 0.2) is 22.7 Å². The number of ether oxygens (including phenoxy) is 1. The number of benzene rings is 1. The van der Waals surface area contributed by atoms with Gasteiger partial charge in [0.05, 0.1) is 11.6 Å². The molecule has 0 radical (unpaired) electrons. The summed E-state index contributed by atoms with van der Waals surface area (Å²) >= 11 is 9.36. The minimum Gasteiger partial charge on any atom is -0.492 e. The molecule has 0 aliphatic heterocycles. The first-order valence-electron chi connectivity index (χ1n) is 6.58. The summed E-state index contributed by atoms with van der Waals surface area (Å²) in [5.41, 5.74) is 0. The van der Waals surface area contributed by atoms with Gasteiger partial charge in [0.25, 0.3) is 0 Å². The monoisotopic (exact) mass is 362 g/mol. The predicted molar refractivity (Wildman–Crippen MR) is 85.5 cm³/mol. The van der Waals surface area contributed by atoms with Crippen molar-refractivity contribution in [1.82, 2.24) is 10.6 Å². The molecule has 20 heavy (non-hydrogen) atoms. The number of halogens is 2. The van der Waals surface area contributed by atoms with E-state index >= 15 is 0 Å². The fraction of sp³-hybridized carbons (Fsp3) is 0.500. The molecule has 0 aliphatic carbocycles. The van der Waals surface area contributed by atoms with Crippen LogP contribution in [-0.4, -0.2) is 25.7 Å². The normalized spacial score (nSPS) is 10.4. The van der Waals surface area contributed by atoms with Gasteiger partial charge in [-0.25, -0.2) is 4.79 Å². The third-order valence-corrected chi connectivity index (χ3v) is 3.22. The van der Waals surface area contributed by atoms with Gasteiger partial charge in [0.15, 0.2) is 0 Å². The van der Waals surface area contributed by atoms with Crippen LogP contribution in [0.2, 0.25) is 5.02 Å². The zero-order chi connectivity index (χ0) is 15.0. The SMILES string of the molecule is CC(C)CNC(=O)NCCCOc1ccc(Br)cc1Cl. The molecule has 0 heterocycles. The van der Waals surface area contributed by atoms with Crippen molar-refractivity contribution < 1.29 is 9.53 Å². The Hall–Kier alpha value is -0.940. The zero-order valence-electron chi connectivity index (χ0n) is 11.7. The molecule has 0 unspecified atom stereocenters. The molecule has 1 aromatic carbocycles. The number of urea groups is 1. The van der Waals surface area contributed by atoms with Gasteiger partial charge in [-0.3, -0.25) is 0 Å². The number of carbonyl (C=O) groups excluding carboxylic acids is 1. The third-order valence-electron chi connectivity index (χ3n) is 2.43. The number of hydrogen-bond donors (Lipinski definition) is 2. The van der Waals surface area contributed by atoms with E-state index in [9.17, 15) is 4.79 Å². The molecule has 2 amide bonds. The average molecular weight is 364 g/mol. The van der Waals surface area contributed by atoms with Crippen LogP contribution in [0, 0.1) is 5.92 Å². The molecular weight excluding hydrogens is 344 g/mol. The summed E-state index contributed by atoms with van der Waals surface area (Å²) in [7, 11) is 0. The molecule has 6 heteroatoms. The Labute approximate surface area is 133 Å². The number of nitrogens with one attached hydrogen (secondary N) is 2. The first-order valence-corrected chi connectivity index (χ1v) is 7.75. The van der Waals surface area contributed by atoms with E-state index in [1.165, 1.54) is 0 Å². The van der Waals surface area contributed by atoms with Crippen molar-refractivity contribution in [3.63, 3.8) is 0 Å². The van der Waals surface area contributed by atoms with Crippen LogP contribution in [0.4, 0.5) is 4.79 Å². The van der Waals surface area contributed by atoms with Crippen molar-refractivity contribution in [1.29, 1.82) is 0 Å². The lowest BCUT2D eigenvalue weighted by molar-refractivity contribution is 0.238. The Morgan fingerprint density at radius 3 is 2.80 bits per heavy atom. The molecule has 0 spiro atoms. The Bertz CT molecular complexity index is 441. The maximum Gasteiger partial charge on any atom is 0.314 e. The first-order chi connectivity index (χ1) is 9.49. The molecular formula is C14H20BrClN2O2. The number of rotatable bonds is 7. The lowest BCUT2D eigenvalue weighted by atomic mass is 10.2. The Morgan fingerprint density at radius 1 is 1.40 bits per heavy atom. The summed E-state index contributed by atoms with van der Waals surface area (Å²) < 4.78 is 6.46. The maximum atomic E-state index is 11.4. The number of carbonyl (C=O) groups is 1. The van der Waals surface area contributed by atoms with Crippen LogP contribution in [-0.2, 0) is 0 Å². The molecule has 2 N–H and O–H groups in total. The molecule has 1 rings (SSSR count). The second-order valence-electron chi connectivity index (χ2n) is 4.81. The van der Waals surface area contributed by atoms with Crippen molar-refractivity contribution in [3.8, 4) is 5.75 Å². The predicted octanol–water partition coefficient (Wildman–Crippen LogP) is 3.83. The van der Waals surface area contributed by atoms with Crippen molar-refractivity contribution in [2.24, 2.45) is 5.92 Å². The van der Waals surface area contributed by atoms with E-state index in [0.29, 0.717) is 36.4 Å². The second kappa shape index (κ2) is 9.08. The van der Waals surface area contributed by atoms with E-state index < -0.39 is 0 Å². The molecule has 1 aromatic rings. The lowest BCUT2D eigenvalue weighted by Gasteiger charge is -2.10. The smallest absolute Gasteiger partial charge is 0.314 e. The van der Waals surface area contributed by atoms with Crippen LogP contribution in [0.3, 0.4) is 0 Å². The van der Waals surface area contributed by atoms with E-state index in [1.54, 1.807) is 6.07 Å². The number of amides is 2. The zero-order valence-corrected chi connectivity index (χ0v) is 14.1. The van der Waals surface area contributed by atoms with E-state index in [2.05, 4.69) is 40.4 Å². The minimum atomic E-state index is -0.139. The van der Waals surface area contributed by atoms with Gasteiger partial charge in [0.1, 0.15) is 5.75 Å². The van der Waals surface area contributed by atoms with Crippen LogP contribution in [0.25, 0.3) is 0 Å². The van der Waals surface area contributed by atoms with Crippen molar-refractivity contribution in [2.75, 3.05) is 19.7 Å². The third kappa shape index (κ3) is 7.01. The van der Waals surface area contributed by atoms with Crippen LogP contribution in [0.5, 0.6) is 5.75 Å². The van der Waals surface area contributed by atoms with Crippen molar-refractivity contribution in [3.05, 3.63) is 27.7 Å². The molecule has 4 nitrogen and oxygen atoms in total. The summed E-state index contributed by atoms with van der Waals surface area (Å²) in [4.78, 5) is 11.4. The minimum absolute atomic E-state index is 0.139. The van der Waals surface area contributed by atoms with Gasteiger partial charge in [0, 0.05) is 17.6 Å². The lowest BCUT2D eigenvalue weighted by Crippen LogP contribution is -2.38. The van der Waals surface area contributed by atoms with Gasteiger partial charge in [-0.05, 0) is 30.5 Å². The molecule has 0 aromatic heterocycles. The van der Waals surface area contributed by atoms with E-state index in [-0.39, 0.29) is 6.03 Å². The molecule has 0 saturated heterocycles. The van der Waals surface area contributed by atoms with Gasteiger partial charge < -0.3 is 15.4 Å². The topological polar surface area (TPSA) is 50.4 Å². The van der Waals surface area contributed by atoms with Gasteiger partial charge in [0.2, 0.25) is 0 Å². The Balaban J connectivity index is 2.14. The maximum absolute atomic E-state index is 11.4. The fourth-order valence-electron chi connectivity index (χ4n) is 1.41. The molecule has 0 saturated carbocycles. The quantitative estimate of drug-likeness (QED) is 0.723. The molecule has 0 fully saturated rings. The number of hydrogen-bond acceptors (Lipinski definition) is 2. The highest BCUT2D eigenvalue weighted by molar-refractivity contribution is 9.10. The van der Waals surface area contributed by atoms with Crippen LogP contribution >= 0.6 is 27.5 Å². The summed E-state index contributed by atoms with van der Waals surface area (Å²) in [6, 6.07) is 5.34. The molecule has 0 bridgehead atoms. The Kier molecular flexibility index (Phi) is 7.77. The van der Waals surface area contributed by atoms with Gasteiger partial charge >= 0.3 is 6.03 Å². The highest BCUT2D eigenvalue weighted by atomic mass is 79.9. The summed E-state index contributed by atoms with van der Waals surface area (Å²) in [5, 5.41) is 6.14.